The molecule has 20 heavy (non-hydrogen) atoms. The fourth-order valence-electron chi connectivity index (χ4n) is 2.75. The predicted octanol–water partition coefficient (Wildman–Crippen LogP) is 3.56. The van der Waals surface area contributed by atoms with E-state index in [0.717, 1.165) is 42.5 Å². The zero-order chi connectivity index (χ0) is 14.5. The molecule has 2 atom stereocenters. The Balaban J connectivity index is 2.23. The second kappa shape index (κ2) is 7.19. The number of anilines is 1. The van der Waals surface area contributed by atoms with Crippen LogP contribution in [0.4, 0.5) is 5.69 Å². The van der Waals surface area contributed by atoms with Gasteiger partial charge in [-0.15, -0.1) is 0 Å². The minimum Gasteiger partial charge on any atom is -0.495 e. The van der Waals surface area contributed by atoms with Crippen molar-refractivity contribution in [3.63, 3.8) is 0 Å². The van der Waals surface area contributed by atoms with E-state index in [1.54, 1.807) is 7.11 Å². The third-order valence-corrected chi connectivity index (χ3v) is 4.48. The molecule has 1 aromatic rings. The number of benzene rings is 1. The first-order valence-electron chi connectivity index (χ1n) is 7.47. The average Bonchev–Trinajstić information content (AvgIpc) is 2.72. The molecule has 4 heteroatoms. The SMILES string of the molecule is CCC(C)C1CN(c2cc(Cl)ccc2OC)CCCN1. The molecule has 112 valence electrons. The van der Waals surface area contributed by atoms with Gasteiger partial charge in [-0.3, -0.25) is 0 Å². The zero-order valence-electron chi connectivity index (χ0n) is 12.7. The highest BCUT2D eigenvalue weighted by atomic mass is 35.5. The molecule has 0 bridgehead atoms. The molecule has 1 heterocycles. The topological polar surface area (TPSA) is 24.5 Å². The Kier molecular flexibility index (Phi) is 5.55. The molecule has 0 aromatic heterocycles. The highest BCUT2D eigenvalue weighted by Crippen LogP contribution is 2.32. The van der Waals surface area contributed by atoms with Crippen LogP contribution in [0.1, 0.15) is 26.7 Å². The first kappa shape index (κ1) is 15.5. The Morgan fingerprint density at radius 3 is 3.00 bits per heavy atom. The third-order valence-electron chi connectivity index (χ3n) is 4.24. The van der Waals surface area contributed by atoms with Gasteiger partial charge in [0.05, 0.1) is 12.8 Å². The van der Waals surface area contributed by atoms with Crippen molar-refractivity contribution in [3.8, 4) is 5.75 Å². The van der Waals surface area contributed by atoms with E-state index in [9.17, 15) is 0 Å². The van der Waals surface area contributed by atoms with Gasteiger partial charge in [0.15, 0.2) is 0 Å². The second-order valence-electron chi connectivity index (χ2n) is 5.56. The molecule has 0 spiro atoms. The third kappa shape index (κ3) is 3.58. The maximum atomic E-state index is 6.16. The number of nitrogens with one attached hydrogen (secondary N) is 1. The average molecular weight is 297 g/mol. The molecule has 1 aromatic carbocycles. The molecule has 0 amide bonds. The summed E-state index contributed by atoms with van der Waals surface area (Å²) in [7, 11) is 1.72. The molecule has 2 unspecified atom stereocenters. The molecular formula is C16H25ClN2O. The van der Waals surface area contributed by atoms with Crippen molar-refractivity contribution in [3.05, 3.63) is 23.2 Å². The summed E-state index contributed by atoms with van der Waals surface area (Å²) in [5.41, 5.74) is 1.11. The number of hydrogen-bond acceptors (Lipinski definition) is 3. The van der Waals surface area contributed by atoms with Crippen molar-refractivity contribution in [2.24, 2.45) is 5.92 Å². The van der Waals surface area contributed by atoms with Crippen LogP contribution in [0, 0.1) is 5.92 Å². The summed E-state index contributed by atoms with van der Waals surface area (Å²) >= 11 is 6.16. The summed E-state index contributed by atoms with van der Waals surface area (Å²) in [5.74, 6) is 1.57. The summed E-state index contributed by atoms with van der Waals surface area (Å²) in [4.78, 5) is 2.40. The van der Waals surface area contributed by atoms with Gasteiger partial charge in [-0.1, -0.05) is 31.9 Å². The van der Waals surface area contributed by atoms with Crippen LogP contribution in [-0.4, -0.2) is 32.8 Å². The van der Waals surface area contributed by atoms with Gasteiger partial charge >= 0.3 is 0 Å². The molecule has 1 fully saturated rings. The van der Waals surface area contributed by atoms with Crippen LogP contribution in [0.2, 0.25) is 5.02 Å². The van der Waals surface area contributed by atoms with Crippen molar-refractivity contribution < 1.29 is 4.74 Å². The van der Waals surface area contributed by atoms with E-state index in [0.29, 0.717) is 12.0 Å². The quantitative estimate of drug-likeness (QED) is 0.919. The van der Waals surface area contributed by atoms with E-state index in [4.69, 9.17) is 16.3 Å². The number of methoxy groups -OCH3 is 1. The first-order valence-corrected chi connectivity index (χ1v) is 7.85. The lowest BCUT2D eigenvalue weighted by atomic mass is 9.99. The summed E-state index contributed by atoms with van der Waals surface area (Å²) in [6.45, 7) is 7.69. The van der Waals surface area contributed by atoms with Crippen LogP contribution < -0.4 is 15.0 Å². The van der Waals surface area contributed by atoms with Gasteiger partial charge < -0.3 is 15.0 Å². The van der Waals surface area contributed by atoms with Crippen molar-refractivity contribution in [1.82, 2.24) is 5.32 Å². The molecule has 1 aliphatic heterocycles. The molecule has 1 aliphatic rings. The van der Waals surface area contributed by atoms with Crippen molar-refractivity contribution >= 4 is 17.3 Å². The molecule has 1 N–H and O–H groups in total. The van der Waals surface area contributed by atoms with E-state index < -0.39 is 0 Å². The van der Waals surface area contributed by atoms with Gasteiger partial charge in [0.2, 0.25) is 0 Å². The first-order chi connectivity index (χ1) is 9.65. The Bertz CT molecular complexity index is 438. The molecule has 0 radical (unpaired) electrons. The van der Waals surface area contributed by atoms with Gasteiger partial charge in [-0.05, 0) is 37.1 Å². The highest BCUT2D eigenvalue weighted by molar-refractivity contribution is 6.30. The summed E-state index contributed by atoms with van der Waals surface area (Å²) in [6.07, 6.45) is 2.33. The maximum absolute atomic E-state index is 6.16. The van der Waals surface area contributed by atoms with Gasteiger partial charge in [-0.2, -0.15) is 0 Å². The smallest absolute Gasteiger partial charge is 0.142 e. The van der Waals surface area contributed by atoms with Gasteiger partial charge in [0, 0.05) is 24.2 Å². The molecule has 1 saturated heterocycles. The van der Waals surface area contributed by atoms with Crippen LogP contribution in [0.25, 0.3) is 0 Å². The standard InChI is InChI=1S/C16H25ClN2O/c1-4-12(2)14-11-19(9-5-8-18-14)15-10-13(17)6-7-16(15)20-3/h6-7,10,12,14,18H,4-5,8-9,11H2,1-3H3. The minimum atomic E-state index is 0.520. The minimum absolute atomic E-state index is 0.520. The number of rotatable bonds is 4. The summed E-state index contributed by atoms with van der Waals surface area (Å²) in [6, 6.07) is 6.37. The van der Waals surface area contributed by atoms with E-state index >= 15 is 0 Å². The highest BCUT2D eigenvalue weighted by Gasteiger charge is 2.23. The molecule has 0 saturated carbocycles. The van der Waals surface area contributed by atoms with Gasteiger partial charge in [0.25, 0.3) is 0 Å². The van der Waals surface area contributed by atoms with Crippen molar-refractivity contribution in [2.45, 2.75) is 32.7 Å². The fraction of sp³-hybridized carbons (Fsp3) is 0.625. The van der Waals surface area contributed by atoms with E-state index in [2.05, 4.69) is 24.1 Å². The van der Waals surface area contributed by atoms with Crippen LogP contribution >= 0.6 is 11.6 Å². The normalized spacial score (nSPS) is 21.4. The summed E-state index contributed by atoms with van der Waals surface area (Å²) < 4.78 is 5.50. The lowest BCUT2D eigenvalue weighted by molar-refractivity contribution is 0.381. The van der Waals surface area contributed by atoms with Crippen LogP contribution in [-0.2, 0) is 0 Å². The lowest BCUT2D eigenvalue weighted by Crippen LogP contribution is -2.42. The van der Waals surface area contributed by atoms with Crippen LogP contribution in [0.15, 0.2) is 18.2 Å². The Hall–Kier alpha value is -0.930. The van der Waals surface area contributed by atoms with Crippen LogP contribution in [0.3, 0.4) is 0 Å². The molecule has 3 nitrogen and oxygen atoms in total. The Morgan fingerprint density at radius 2 is 2.30 bits per heavy atom. The Labute approximate surface area is 127 Å². The number of hydrogen-bond donors (Lipinski definition) is 1. The molecular weight excluding hydrogens is 272 g/mol. The van der Waals surface area contributed by atoms with E-state index in [1.807, 2.05) is 18.2 Å². The van der Waals surface area contributed by atoms with E-state index in [-0.39, 0.29) is 0 Å². The number of nitrogens with zero attached hydrogens (tertiary/aromatic N) is 1. The Morgan fingerprint density at radius 1 is 1.50 bits per heavy atom. The molecule has 0 aliphatic carbocycles. The summed E-state index contributed by atoms with van der Waals surface area (Å²) in [5, 5.41) is 4.43. The van der Waals surface area contributed by atoms with Gasteiger partial charge in [-0.25, -0.2) is 0 Å². The predicted molar refractivity (Wildman–Crippen MR) is 86.1 cm³/mol. The number of ether oxygens (including phenoxy) is 1. The largest absolute Gasteiger partial charge is 0.495 e. The fourth-order valence-corrected chi connectivity index (χ4v) is 2.91. The molecule has 2 rings (SSSR count). The van der Waals surface area contributed by atoms with Crippen molar-refractivity contribution in [2.75, 3.05) is 31.6 Å². The second-order valence-corrected chi connectivity index (χ2v) is 6.00. The van der Waals surface area contributed by atoms with Crippen molar-refractivity contribution in [1.29, 1.82) is 0 Å². The zero-order valence-corrected chi connectivity index (χ0v) is 13.4. The van der Waals surface area contributed by atoms with Gasteiger partial charge in [0.1, 0.15) is 5.75 Å². The van der Waals surface area contributed by atoms with Crippen LogP contribution in [0.5, 0.6) is 5.75 Å². The number of halogens is 1. The maximum Gasteiger partial charge on any atom is 0.142 e. The monoisotopic (exact) mass is 296 g/mol. The van der Waals surface area contributed by atoms with E-state index in [1.165, 1.54) is 6.42 Å². The lowest BCUT2D eigenvalue weighted by Gasteiger charge is -2.30.